The second-order valence-electron chi connectivity index (χ2n) is 7.17. The van der Waals surface area contributed by atoms with Gasteiger partial charge in [0, 0.05) is 26.2 Å². The SMILES string of the molecule is COc1ccc(OCCNC(=O)N2CCN(CCCc3ccccc3)CC2)cc1. The molecule has 3 rings (SSSR count). The molecule has 6 heteroatoms. The molecule has 0 unspecified atom stereocenters. The highest BCUT2D eigenvalue weighted by Gasteiger charge is 2.20. The van der Waals surface area contributed by atoms with Gasteiger partial charge in [-0.25, -0.2) is 4.79 Å². The van der Waals surface area contributed by atoms with Crippen molar-refractivity contribution in [1.82, 2.24) is 15.1 Å². The molecule has 0 aliphatic carbocycles. The van der Waals surface area contributed by atoms with Crippen LogP contribution in [0.1, 0.15) is 12.0 Å². The molecule has 0 saturated carbocycles. The summed E-state index contributed by atoms with van der Waals surface area (Å²) >= 11 is 0. The Hall–Kier alpha value is -2.73. The van der Waals surface area contributed by atoms with Gasteiger partial charge in [0.25, 0.3) is 0 Å². The largest absolute Gasteiger partial charge is 0.497 e. The Morgan fingerprint density at radius 3 is 2.34 bits per heavy atom. The number of amides is 2. The maximum atomic E-state index is 12.3. The van der Waals surface area contributed by atoms with Crippen LogP contribution >= 0.6 is 0 Å². The summed E-state index contributed by atoms with van der Waals surface area (Å²) in [4.78, 5) is 16.7. The van der Waals surface area contributed by atoms with E-state index in [2.05, 4.69) is 40.5 Å². The summed E-state index contributed by atoms with van der Waals surface area (Å²) in [5.74, 6) is 1.56. The summed E-state index contributed by atoms with van der Waals surface area (Å²) in [7, 11) is 1.63. The van der Waals surface area contributed by atoms with Gasteiger partial charge in [0.15, 0.2) is 0 Å². The van der Waals surface area contributed by atoms with E-state index in [1.165, 1.54) is 5.56 Å². The summed E-state index contributed by atoms with van der Waals surface area (Å²) in [6.07, 6.45) is 2.26. The number of hydrogen-bond acceptors (Lipinski definition) is 4. The molecule has 2 aromatic rings. The van der Waals surface area contributed by atoms with Gasteiger partial charge < -0.3 is 19.7 Å². The van der Waals surface area contributed by atoms with Gasteiger partial charge in [-0.2, -0.15) is 0 Å². The quantitative estimate of drug-likeness (QED) is 0.661. The summed E-state index contributed by atoms with van der Waals surface area (Å²) in [6.45, 7) is 5.43. The zero-order valence-electron chi connectivity index (χ0n) is 17.2. The molecule has 1 fully saturated rings. The van der Waals surface area contributed by atoms with Crippen LogP contribution in [0.4, 0.5) is 4.79 Å². The fraction of sp³-hybridized carbons (Fsp3) is 0.435. The Bertz CT molecular complexity index is 729. The van der Waals surface area contributed by atoms with E-state index in [0.29, 0.717) is 13.2 Å². The fourth-order valence-electron chi connectivity index (χ4n) is 3.44. The summed E-state index contributed by atoms with van der Waals surface area (Å²) < 4.78 is 10.8. The second-order valence-corrected chi connectivity index (χ2v) is 7.17. The highest BCUT2D eigenvalue weighted by molar-refractivity contribution is 5.74. The van der Waals surface area contributed by atoms with E-state index in [0.717, 1.165) is 57.1 Å². The van der Waals surface area contributed by atoms with Crippen LogP contribution in [0.3, 0.4) is 0 Å². The number of benzene rings is 2. The number of methoxy groups -OCH3 is 1. The van der Waals surface area contributed by atoms with Crippen LogP contribution in [0.15, 0.2) is 54.6 Å². The Morgan fingerprint density at radius 2 is 1.66 bits per heavy atom. The summed E-state index contributed by atoms with van der Waals surface area (Å²) in [5.41, 5.74) is 1.39. The van der Waals surface area contributed by atoms with Gasteiger partial charge in [-0.3, -0.25) is 4.90 Å². The molecule has 1 saturated heterocycles. The van der Waals surface area contributed by atoms with E-state index in [4.69, 9.17) is 9.47 Å². The predicted octanol–water partition coefficient (Wildman–Crippen LogP) is 3.03. The van der Waals surface area contributed by atoms with E-state index >= 15 is 0 Å². The van der Waals surface area contributed by atoms with Crippen molar-refractivity contribution in [3.8, 4) is 11.5 Å². The van der Waals surface area contributed by atoms with Crippen LogP contribution in [0.5, 0.6) is 11.5 Å². The van der Waals surface area contributed by atoms with Crippen molar-refractivity contribution in [3.63, 3.8) is 0 Å². The van der Waals surface area contributed by atoms with Gasteiger partial charge in [-0.15, -0.1) is 0 Å². The number of rotatable bonds is 9. The van der Waals surface area contributed by atoms with Gasteiger partial charge in [0.1, 0.15) is 18.1 Å². The van der Waals surface area contributed by atoms with Crippen molar-refractivity contribution in [2.45, 2.75) is 12.8 Å². The molecule has 0 spiro atoms. The van der Waals surface area contributed by atoms with E-state index in [1.807, 2.05) is 29.2 Å². The number of ether oxygens (including phenoxy) is 2. The molecule has 156 valence electrons. The minimum atomic E-state index is -0.00716. The lowest BCUT2D eigenvalue weighted by Crippen LogP contribution is -2.52. The Balaban J connectivity index is 1.26. The third-order valence-corrected chi connectivity index (χ3v) is 5.15. The van der Waals surface area contributed by atoms with Crippen LogP contribution in [-0.2, 0) is 6.42 Å². The second kappa shape index (κ2) is 11.3. The molecule has 2 amide bonds. The first-order valence-corrected chi connectivity index (χ1v) is 10.3. The monoisotopic (exact) mass is 397 g/mol. The van der Waals surface area contributed by atoms with Gasteiger partial charge in [-0.1, -0.05) is 30.3 Å². The lowest BCUT2D eigenvalue weighted by Gasteiger charge is -2.34. The molecular weight excluding hydrogens is 366 g/mol. The number of hydrogen-bond donors (Lipinski definition) is 1. The van der Waals surface area contributed by atoms with Crippen LogP contribution in [0.25, 0.3) is 0 Å². The third kappa shape index (κ3) is 6.98. The van der Waals surface area contributed by atoms with Gasteiger partial charge in [0.05, 0.1) is 13.7 Å². The third-order valence-electron chi connectivity index (χ3n) is 5.15. The minimum Gasteiger partial charge on any atom is -0.497 e. The molecule has 1 aliphatic heterocycles. The topological polar surface area (TPSA) is 54.0 Å². The van der Waals surface area contributed by atoms with Crippen molar-refractivity contribution in [1.29, 1.82) is 0 Å². The number of nitrogens with one attached hydrogen (secondary N) is 1. The Labute approximate surface area is 173 Å². The lowest BCUT2D eigenvalue weighted by atomic mass is 10.1. The molecule has 29 heavy (non-hydrogen) atoms. The average Bonchev–Trinajstić information content (AvgIpc) is 2.78. The van der Waals surface area contributed by atoms with Gasteiger partial charge in [0.2, 0.25) is 0 Å². The zero-order chi connectivity index (χ0) is 20.3. The molecule has 1 aliphatic rings. The first-order chi connectivity index (χ1) is 14.2. The molecule has 0 aromatic heterocycles. The molecule has 0 bridgehead atoms. The zero-order valence-corrected chi connectivity index (χ0v) is 17.2. The van der Waals surface area contributed by atoms with E-state index in [1.54, 1.807) is 7.11 Å². The molecule has 2 aromatic carbocycles. The number of nitrogens with zero attached hydrogens (tertiary/aromatic N) is 2. The lowest BCUT2D eigenvalue weighted by molar-refractivity contribution is 0.137. The van der Waals surface area contributed by atoms with Crippen molar-refractivity contribution in [3.05, 3.63) is 60.2 Å². The first kappa shape index (κ1) is 21.0. The van der Waals surface area contributed by atoms with Crippen molar-refractivity contribution in [2.24, 2.45) is 0 Å². The summed E-state index contributed by atoms with van der Waals surface area (Å²) in [5, 5.41) is 2.94. The molecule has 0 radical (unpaired) electrons. The van der Waals surface area contributed by atoms with Crippen LogP contribution in [0.2, 0.25) is 0 Å². The van der Waals surface area contributed by atoms with E-state index in [9.17, 15) is 4.79 Å². The van der Waals surface area contributed by atoms with Crippen molar-refractivity contribution >= 4 is 6.03 Å². The maximum Gasteiger partial charge on any atom is 0.317 e. The first-order valence-electron chi connectivity index (χ1n) is 10.3. The fourth-order valence-corrected chi connectivity index (χ4v) is 3.44. The number of carbonyl (C=O) groups excluding carboxylic acids is 1. The molecule has 1 heterocycles. The predicted molar refractivity (Wildman–Crippen MR) is 115 cm³/mol. The number of aryl methyl sites for hydroxylation is 1. The van der Waals surface area contributed by atoms with Crippen LogP contribution in [0, 0.1) is 0 Å². The average molecular weight is 398 g/mol. The van der Waals surface area contributed by atoms with E-state index < -0.39 is 0 Å². The minimum absolute atomic E-state index is 0.00716. The number of urea groups is 1. The highest BCUT2D eigenvalue weighted by atomic mass is 16.5. The Morgan fingerprint density at radius 1 is 0.966 bits per heavy atom. The highest BCUT2D eigenvalue weighted by Crippen LogP contribution is 2.16. The van der Waals surface area contributed by atoms with Crippen molar-refractivity contribution < 1.29 is 14.3 Å². The smallest absolute Gasteiger partial charge is 0.317 e. The molecule has 6 nitrogen and oxygen atoms in total. The van der Waals surface area contributed by atoms with Crippen LogP contribution < -0.4 is 14.8 Å². The standard InChI is InChI=1S/C23H31N3O3/c1-28-21-9-11-22(12-10-21)29-19-13-24-23(27)26-17-15-25(16-18-26)14-5-8-20-6-3-2-4-7-20/h2-4,6-7,9-12H,5,8,13-19H2,1H3,(H,24,27). The van der Waals surface area contributed by atoms with E-state index in [-0.39, 0.29) is 6.03 Å². The van der Waals surface area contributed by atoms with Gasteiger partial charge in [-0.05, 0) is 49.2 Å². The molecular formula is C23H31N3O3. The molecule has 0 atom stereocenters. The number of piperazine rings is 1. The van der Waals surface area contributed by atoms with Crippen LogP contribution in [-0.4, -0.2) is 68.8 Å². The normalized spacial score (nSPS) is 14.4. The van der Waals surface area contributed by atoms with Crippen molar-refractivity contribution in [2.75, 3.05) is 53.0 Å². The maximum absolute atomic E-state index is 12.3. The Kier molecular flexibility index (Phi) is 8.19. The molecule has 1 N–H and O–H groups in total. The summed E-state index contributed by atoms with van der Waals surface area (Å²) in [6, 6.07) is 18.0. The van der Waals surface area contributed by atoms with Gasteiger partial charge >= 0.3 is 6.03 Å². The number of carbonyl (C=O) groups is 1.